The molecule has 0 radical (unpaired) electrons. The van der Waals surface area contributed by atoms with Gasteiger partial charge in [-0.25, -0.2) is 0 Å². The average molecular weight is 213 g/mol. The molecule has 1 aromatic carbocycles. The van der Waals surface area contributed by atoms with Crippen molar-refractivity contribution in [1.82, 2.24) is 0 Å². The van der Waals surface area contributed by atoms with Crippen molar-refractivity contribution >= 4 is 51.2 Å². The summed E-state index contributed by atoms with van der Waals surface area (Å²) < 4.78 is 0. The molecule has 0 atom stereocenters. The molecule has 0 saturated carbocycles. The summed E-state index contributed by atoms with van der Waals surface area (Å²) >= 11 is 9.67. The second-order valence-electron chi connectivity index (χ2n) is 1.48. The summed E-state index contributed by atoms with van der Waals surface area (Å²) in [4.78, 5) is 0.900. The third-order valence-corrected chi connectivity index (χ3v) is 1.32. The van der Waals surface area contributed by atoms with Crippen LogP contribution in [0, 0.1) is 0 Å². The fraction of sp³-hybridized carbons (Fsp3) is 0. The Hall–Kier alpha value is 0.560. The van der Waals surface area contributed by atoms with E-state index in [2.05, 4.69) is 12.6 Å². The highest BCUT2D eigenvalue weighted by atomic mass is 35.5. The van der Waals surface area contributed by atoms with Gasteiger partial charge >= 0.3 is 0 Å². The maximum absolute atomic E-state index is 5.60. The summed E-state index contributed by atoms with van der Waals surface area (Å²) in [5, 5.41) is 0.734. The van der Waals surface area contributed by atoms with Crippen LogP contribution in [0.25, 0.3) is 0 Å². The van der Waals surface area contributed by atoms with Crippen LogP contribution < -0.4 is 0 Å². The summed E-state index contributed by atoms with van der Waals surface area (Å²) in [5.74, 6) is 0. The fourth-order valence-electron chi connectivity index (χ4n) is 0.476. The highest BCUT2D eigenvalue weighted by Crippen LogP contribution is 2.12. The van der Waals surface area contributed by atoms with E-state index in [0.29, 0.717) is 0 Å². The van der Waals surface area contributed by atoms with E-state index in [-0.39, 0.29) is 27.0 Å². The van der Waals surface area contributed by atoms with E-state index in [1.165, 1.54) is 0 Å². The number of rotatable bonds is 0. The first kappa shape index (κ1) is 13.2. The SMILES string of the molecule is S.S.Sc1cccc(Cl)c1. The van der Waals surface area contributed by atoms with Crippen LogP contribution in [0.5, 0.6) is 0 Å². The maximum atomic E-state index is 5.60. The predicted octanol–water partition coefficient (Wildman–Crippen LogP) is 2.85. The smallest absolute Gasteiger partial charge is 0.0417 e. The van der Waals surface area contributed by atoms with Gasteiger partial charge in [-0.15, -0.1) is 12.6 Å². The largest absolute Gasteiger partial charge is 0.197 e. The molecule has 0 bridgehead atoms. The fourth-order valence-corrected chi connectivity index (χ4v) is 0.968. The topological polar surface area (TPSA) is 0 Å². The van der Waals surface area contributed by atoms with Gasteiger partial charge in [0.2, 0.25) is 0 Å². The molecule has 0 N–H and O–H groups in total. The summed E-state index contributed by atoms with van der Waals surface area (Å²) in [6.45, 7) is 0. The maximum Gasteiger partial charge on any atom is 0.0417 e. The van der Waals surface area contributed by atoms with Gasteiger partial charge in [-0.2, -0.15) is 27.0 Å². The highest BCUT2D eigenvalue weighted by molar-refractivity contribution is 7.80. The molecule has 0 aromatic heterocycles. The quantitative estimate of drug-likeness (QED) is 0.629. The van der Waals surface area contributed by atoms with Gasteiger partial charge in [0, 0.05) is 9.92 Å². The molecular weight excluding hydrogens is 204 g/mol. The minimum atomic E-state index is 0. The van der Waals surface area contributed by atoms with Gasteiger partial charge in [0.15, 0.2) is 0 Å². The monoisotopic (exact) mass is 212 g/mol. The number of halogens is 1. The van der Waals surface area contributed by atoms with Crippen molar-refractivity contribution in [3.63, 3.8) is 0 Å². The molecule has 0 fully saturated rings. The van der Waals surface area contributed by atoms with Crippen LogP contribution in [0.3, 0.4) is 0 Å². The normalized spacial score (nSPS) is 7.40. The lowest BCUT2D eigenvalue weighted by Crippen LogP contribution is -1.62. The molecule has 0 aliphatic rings. The van der Waals surface area contributed by atoms with E-state index < -0.39 is 0 Å². The zero-order valence-corrected chi connectivity index (χ0v) is 8.78. The minimum absolute atomic E-state index is 0. The van der Waals surface area contributed by atoms with Gasteiger partial charge in [0.25, 0.3) is 0 Å². The minimum Gasteiger partial charge on any atom is -0.197 e. The lowest BCUT2D eigenvalue weighted by Gasteiger charge is -1.87. The molecule has 0 aliphatic carbocycles. The van der Waals surface area contributed by atoms with Gasteiger partial charge < -0.3 is 0 Å². The summed E-state index contributed by atoms with van der Waals surface area (Å²) in [6.07, 6.45) is 0. The molecule has 0 amide bonds. The van der Waals surface area contributed by atoms with Gasteiger partial charge in [0.1, 0.15) is 0 Å². The Balaban J connectivity index is 0. The van der Waals surface area contributed by atoms with Gasteiger partial charge in [0.05, 0.1) is 0 Å². The van der Waals surface area contributed by atoms with E-state index in [0.717, 1.165) is 9.92 Å². The molecular formula is C6H9ClS3. The van der Waals surface area contributed by atoms with Crippen LogP contribution in [0.2, 0.25) is 5.02 Å². The average Bonchev–Trinajstić information content (AvgIpc) is 1.64. The standard InChI is InChI=1S/C6H5ClS.2H2S/c7-5-2-1-3-6(8)4-5;;/h1-4,8H;2*1H2. The first-order valence-electron chi connectivity index (χ1n) is 2.23. The molecule has 58 valence electrons. The summed E-state index contributed by atoms with van der Waals surface area (Å²) in [6, 6.07) is 7.37. The van der Waals surface area contributed by atoms with Crippen LogP contribution in [-0.2, 0) is 0 Å². The van der Waals surface area contributed by atoms with Crippen molar-refractivity contribution in [2.24, 2.45) is 0 Å². The summed E-state index contributed by atoms with van der Waals surface area (Å²) in [5.41, 5.74) is 0. The van der Waals surface area contributed by atoms with Gasteiger partial charge in [-0.05, 0) is 18.2 Å². The van der Waals surface area contributed by atoms with Gasteiger partial charge in [-0.3, -0.25) is 0 Å². The molecule has 4 heteroatoms. The van der Waals surface area contributed by atoms with Crippen molar-refractivity contribution in [2.45, 2.75) is 4.90 Å². The number of thiol groups is 1. The third kappa shape index (κ3) is 4.39. The van der Waals surface area contributed by atoms with Crippen molar-refractivity contribution in [2.75, 3.05) is 0 Å². The summed E-state index contributed by atoms with van der Waals surface area (Å²) in [7, 11) is 0. The number of hydrogen-bond donors (Lipinski definition) is 1. The Morgan fingerprint density at radius 3 is 2.10 bits per heavy atom. The Morgan fingerprint density at radius 2 is 1.80 bits per heavy atom. The first-order valence-corrected chi connectivity index (χ1v) is 3.06. The Labute approximate surface area is 85.3 Å². The van der Waals surface area contributed by atoms with E-state index in [4.69, 9.17) is 11.6 Å². The van der Waals surface area contributed by atoms with Crippen LogP contribution in [0.15, 0.2) is 29.2 Å². The zero-order valence-electron chi connectivity index (χ0n) is 5.13. The Bertz CT molecular complexity index is 173. The van der Waals surface area contributed by atoms with Crippen molar-refractivity contribution in [1.29, 1.82) is 0 Å². The van der Waals surface area contributed by atoms with E-state index in [1.54, 1.807) is 6.07 Å². The first-order chi connectivity index (χ1) is 3.79. The van der Waals surface area contributed by atoms with Crippen LogP contribution in [0.1, 0.15) is 0 Å². The second kappa shape index (κ2) is 6.28. The third-order valence-electron chi connectivity index (χ3n) is 0.808. The van der Waals surface area contributed by atoms with Crippen molar-refractivity contribution in [3.05, 3.63) is 29.3 Å². The van der Waals surface area contributed by atoms with Crippen LogP contribution in [-0.4, -0.2) is 0 Å². The van der Waals surface area contributed by atoms with E-state index in [1.807, 2.05) is 18.2 Å². The molecule has 1 aromatic rings. The van der Waals surface area contributed by atoms with Crippen molar-refractivity contribution < 1.29 is 0 Å². The molecule has 0 unspecified atom stereocenters. The number of hydrogen-bond acceptors (Lipinski definition) is 1. The molecule has 0 spiro atoms. The second-order valence-corrected chi connectivity index (χ2v) is 2.43. The molecule has 1 rings (SSSR count). The van der Waals surface area contributed by atoms with Gasteiger partial charge in [-0.1, -0.05) is 17.7 Å². The zero-order chi connectivity index (χ0) is 5.98. The van der Waals surface area contributed by atoms with Crippen LogP contribution >= 0.6 is 51.2 Å². The predicted molar refractivity (Wildman–Crippen MR) is 59.5 cm³/mol. The lowest BCUT2D eigenvalue weighted by atomic mass is 10.4. The highest BCUT2D eigenvalue weighted by Gasteiger charge is 1.83. The molecule has 0 nitrogen and oxygen atoms in total. The molecule has 0 heterocycles. The van der Waals surface area contributed by atoms with E-state index >= 15 is 0 Å². The lowest BCUT2D eigenvalue weighted by molar-refractivity contribution is 1.48. The van der Waals surface area contributed by atoms with Crippen molar-refractivity contribution in [3.8, 4) is 0 Å². The van der Waals surface area contributed by atoms with Crippen LogP contribution in [0.4, 0.5) is 0 Å². The molecule has 0 saturated heterocycles. The number of benzene rings is 1. The Kier molecular flexibility index (Phi) is 8.27. The Morgan fingerprint density at radius 1 is 1.20 bits per heavy atom. The van der Waals surface area contributed by atoms with E-state index in [9.17, 15) is 0 Å². The molecule has 0 aliphatic heterocycles. The molecule has 10 heavy (non-hydrogen) atoms.